The molecule has 1 saturated carbocycles. The number of aryl methyl sites for hydroxylation is 4. The summed E-state index contributed by atoms with van der Waals surface area (Å²) in [6, 6.07) is 8.14. The van der Waals surface area contributed by atoms with Crippen LogP contribution in [0.4, 0.5) is 0 Å². The molecule has 2 N–H and O–H groups in total. The van der Waals surface area contributed by atoms with Crippen molar-refractivity contribution in [3.05, 3.63) is 57.6 Å². The van der Waals surface area contributed by atoms with Gasteiger partial charge in [0.1, 0.15) is 11.5 Å². The highest BCUT2D eigenvalue weighted by Gasteiger charge is 2.27. The maximum absolute atomic E-state index is 10.5. The number of aliphatic imine (C=N–C) groups is 2. The van der Waals surface area contributed by atoms with Crippen molar-refractivity contribution in [2.24, 2.45) is 9.98 Å². The van der Waals surface area contributed by atoms with Crippen LogP contribution in [0, 0.1) is 27.7 Å². The fraction of sp³-hybridized carbons (Fsp3) is 0.440. The molecule has 0 saturated heterocycles. The van der Waals surface area contributed by atoms with Gasteiger partial charge in [-0.25, -0.2) is 0 Å². The normalized spacial score (nSPS) is 20.3. The lowest BCUT2D eigenvalue weighted by Gasteiger charge is -2.17. The van der Waals surface area contributed by atoms with Crippen LogP contribution >= 0.6 is 0 Å². The van der Waals surface area contributed by atoms with Crippen LogP contribution in [-0.2, 0) is 0 Å². The van der Waals surface area contributed by atoms with E-state index in [1.165, 1.54) is 0 Å². The van der Waals surface area contributed by atoms with E-state index < -0.39 is 0 Å². The second-order valence-corrected chi connectivity index (χ2v) is 8.45. The van der Waals surface area contributed by atoms with E-state index in [1.807, 2.05) is 65.8 Å². The Bertz CT molecular complexity index is 909. The first-order chi connectivity index (χ1) is 13.7. The van der Waals surface area contributed by atoms with Crippen molar-refractivity contribution >= 4 is 11.4 Å². The van der Waals surface area contributed by atoms with Gasteiger partial charge >= 0.3 is 0 Å². The zero-order chi connectivity index (χ0) is 21.3. The molecule has 0 spiro atoms. The summed E-state index contributed by atoms with van der Waals surface area (Å²) in [6.45, 7) is 11.8. The summed E-state index contributed by atoms with van der Waals surface area (Å²) >= 11 is 0. The van der Waals surface area contributed by atoms with Gasteiger partial charge in [-0.2, -0.15) is 0 Å². The molecule has 0 aromatic heterocycles. The molecule has 0 bridgehead atoms. The van der Waals surface area contributed by atoms with Crippen molar-refractivity contribution in [2.75, 3.05) is 0 Å². The Morgan fingerprint density at radius 3 is 1.48 bits per heavy atom. The molecule has 4 heteroatoms. The molecular formula is C25H32N2O2. The predicted octanol–water partition coefficient (Wildman–Crippen LogP) is 5.57. The minimum Gasteiger partial charge on any atom is -0.507 e. The topological polar surface area (TPSA) is 65.2 Å². The number of hydrogen-bond acceptors (Lipinski definition) is 4. The minimum atomic E-state index is 0.0956. The fourth-order valence-electron chi connectivity index (χ4n) is 4.33. The zero-order valence-electron chi connectivity index (χ0n) is 18.4. The van der Waals surface area contributed by atoms with E-state index in [1.54, 1.807) is 0 Å². The monoisotopic (exact) mass is 392 g/mol. The van der Waals surface area contributed by atoms with Gasteiger partial charge in [-0.1, -0.05) is 12.1 Å². The molecule has 2 aromatic rings. The average molecular weight is 393 g/mol. The molecule has 0 aliphatic heterocycles. The highest BCUT2D eigenvalue weighted by molar-refractivity contribution is 6.02. The largest absolute Gasteiger partial charge is 0.507 e. The molecule has 0 radical (unpaired) electrons. The number of benzene rings is 2. The summed E-state index contributed by atoms with van der Waals surface area (Å²) in [4.78, 5) is 9.92. The third-order valence-electron chi connectivity index (χ3n) is 5.83. The molecule has 154 valence electrons. The molecule has 1 aliphatic carbocycles. The van der Waals surface area contributed by atoms with E-state index in [-0.39, 0.29) is 12.1 Å². The van der Waals surface area contributed by atoms with E-state index in [0.717, 1.165) is 64.1 Å². The van der Waals surface area contributed by atoms with Crippen LogP contribution in [0.3, 0.4) is 0 Å². The molecule has 2 aromatic carbocycles. The summed E-state index contributed by atoms with van der Waals surface area (Å²) in [6.07, 6.45) is 3.06. The van der Waals surface area contributed by atoms with E-state index in [9.17, 15) is 10.2 Å². The second kappa shape index (κ2) is 8.40. The number of nitrogens with zero attached hydrogens (tertiary/aromatic N) is 2. The smallest absolute Gasteiger partial charge is 0.127 e. The first-order valence-corrected chi connectivity index (χ1v) is 10.4. The third-order valence-corrected chi connectivity index (χ3v) is 5.83. The van der Waals surface area contributed by atoms with Crippen LogP contribution in [0.15, 0.2) is 34.3 Å². The Balaban J connectivity index is 1.91. The SMILES string of the molecule is CC(=N[C@@H]1CCC[C@H]1N=C(C)c1cc(C)cc(C)c1O)c1cc(C)cc(C)c1O. The molecule has 4 nitrogen and oxygen atoms in total. The Labute approximate surface area is 174 Å². The van der Waals surface area contributed by atoms with Gasteiger partial charge in [0.15, 0.2) is 0 Å². The number of phenols is 2. The van der Waals surface area contributed by atoms with Crippen molar-refractivity contribution in [1.29, 1.82) is 0 Å². The quantitative estimate of drug-likeness (QED) is 0.668. The number of hydrogen-bond donors (Lipinski definition) is 2. The second-order valence-electron chi connectivity index (χ2n) is 8.45. The van der Waals surface area contributed by atoms with Crippen LogP contribution in [-0.4, -0.2) is 33.7 Å². The van der Waals surface area contributed by atoms with Crippen LogP contribution in [0.2, 0.25) is 0 Å². The van der Waals surface area contributed by atoms with Crippen molar-refractivity contribution in [3.63, 3.8) is 0 Å². The van der Waals surface area contributed by atoms with E-state index in [0.29, 0.717) is 11.5 Å². The van der Waals surface area contributed by atoms with Gasteiger partial charge in [0.05, 0.1) is 12.1 Å². The molecule has 0 amide bonds. The molecule has 3 rings (SSSR count). The molecule has 1 fully saturated rings. The standard InChI is InChI=1S/C25H32N2O2/c1-14-10-16(3)24(28)20(12-14)18(5)26-22-8-7-9-23(22)27-19(6)21-13-15(2)11-17(4)25(21)29/h10-13,22-23,28-29H,7-9H2,1-6H3/t22-,23-/m1/s1. The molecule has 0 heterocycles. The predicted molar refractivity (Wildman–Crippen MR) is 121 cm³/mol. The summed E-state index contributed by atoms with van der Waals surface area (Å²) < 4.78 is 0. The first-order valence-electron chi connectivity index (χ1n) is 10.4. The van der Waals surface area contributed by atoms with Crippen LogP contribution in [0.25, 0.3) is 0 Å². The first kappa shape index (κ1) is 21.1. The Morgan fingerprint density at radius 2 is 1.10 bits per heavy atom. The minimum absolute atomic E-state index is 0.0956. The van der Waals surface area contributed by atoms with Crippen LogP contribution < -0.4 is 0 Å². The Hall–Kier alpha value is -2.62. The van der Waals surface area contributed by atoms with Crippen molar-refractivity contribution in [2.45, 2.75) is 72.9 Å². The summed E-state index contributed by atoms with van der Waals surface area (Å²) in [5.74, 6) is 0.623. The number of aromatic hydroxyl groups is 2. The van der Waals surface area contributed by atoms with Gasteiger partial charge < -0.3 is 10.2 Å². The zero-order valence-corrected chi connectivity index (χ0v) is 18.4. The van der Waals surface area contributed by atoms with Gasteiger partial charge in [0.25, 0.3) is 0 Å². The van der Waals surface area contributed by atoms with Gasteiger partial charge in [-0.05, 0) is 95.2 Å². The summed E-state index contributed by atoms with van der Waals surface area (Å²) in [5, 5.41) is 20.9. The highest BCUT2D eigenvalue weighted by atomic mass is 16.3. The van der Waals surface area contributed by atoms with Gasteiger partial charge in [0.2, 0.25) is 0 Å². The summed E-state index contributed by atoms with van der Waals surface area (Å²) in [5.41, 5.74) is 7.30. The molecule has 1 aliphatic rings. The lowest BCUT2D eigenvalue weighted by molar-refractivity contribution is 0.469. The molecular weight excluding hydrogens is 360 g/mol. The van der Waals surface area contributed by atoms with Gasteiger partial charge in [-0.15, -0.1) is 0 Å². The van der Waals surface area contributed by atoms with E-state index in [2.05, 4.69) is 0 Å². The Morgan fingerprint density at radius 1 is 0.724 bits per heavy atom. The lowest BCUT2D eigenvalue weighted by Crippen LogP contribution is -2.19. The average Bonchev–Trinajstić information content (AvgIpc) is 3.07. The lowest BCUT2D eigenvalue weighted by atomic mass is 10.0. The van der Waals surface area contributed by atoms with Crippen LogP contribution in [0.5, 0.6) is 11.5 Å². The molecule has 29 heavy (non-hydrogen) atoms. The number of rotatable bonds is 4. The summed E-state index contributed by atoms with van der Waals surface area (Å²) in [7, 11) is 0. The van der Waals surface area contributed by atoms with E-state index >= 15 is 0 Å². The van der Waals surface area contributed by atoms with Crippen molar-refractivity contribution in [1.82, 2.24) is 0 Å². The maximum Gasteiger partial charge on any atom is 0.127 e. The highest BCUT2D eigenvalue weighted by Crippen LogP contribution is 2.30. The molecule has 2 atom stereocenters. The van der Waals surface area contributed by atoms with Gasteiger partial charge in [-0.3, -0.25) is 9.98 Å². The van der Waals surface area contributed by atoms with Crippen molar-refractivity contribution < 1.29 is 10.2 Å². The fourth-order valence-corrected chi connectivity index (χ4v) is 4.33. The number of phenolic OH excluding ortho intramolecular Hbond substituents is 2. The van der Waals surface area contributed by atoms with Crippen molar-refractivity contribution in [3.8, 4) is 11.5 Å². The van der Waals surface area contributed by atoms with Crippen LogP contribution in [0.1, 0.15) is 66.5 Å². The van der Waals surface area contributed by atoms with E-state index in [4.69, 9.17) is 9.98 Å². The maximum atomic E-state index is 10.5. The third kappa shape index (κ3) is 4.52. The molecule has 0 unspecified atom stereocenters. The Kier molecular flexibility index (Phi) is 6.11. The van der Waals surface area contributed by atoms with Gasteiger partial charge in [0, 0.05) is 22.6 Å².